The molecular formula is C15H13N3O3. The number of aliphatic carboxylic acids is 1. The van der Waals surface area contributed by atoms with Gasteiger partial charge in [-0.25, -0.2) is 4.79 Å². The minimum Gasteiger partial charge on any atom is -0.479 e. The number of carboxylic acid groups (broad SMARTS) is 1. The number of ketones is 1. The summed E-state index contributed by atoms with van der Waals surface area (Å²) in [6, 6.07) is 15.3. The fourth-order valence-electron chi connectivity index (χ4n) is 1.67. The average molecular weight is 283 g/mol. The van der Waals surface area contributed by atoms with Crippen LogP contribution in [0.2, 0.25) is 0 Å². The van der Waals surface area contributed by atoms with Crippen LogP contribution in [0.4, 0.5) is 5.69 Å². The number of carbonyl (C=O) groups excluding carboxylic acids is 1. The maximum atomic E-state index is 12.4. The van der Waals surface area contributed by atoms with Crippen molar-refractivity contribution in [2.45, 2.75) is 6.17 Å². The quantitative estimate of drug-likeness (QED) is 0.649. The number of azo groups is 1. The molecule has 21 heavy (non-hydrogen) atoms. The van der Waals surface area contributed by atoms with E-state index in [0.717, 1.165) is 0 Å². The molecule has 0 aliphatic carbocycles. The van der Waals surface area contributed by atoms with Gasteiger partial charge in [0.1, 0.15) is 0 Å². The summed E-state index contributed by atoms with van der Waals surface area (Å²) < 4.78 is 0. The first-order chi connectivity index (χ1) is 10.1. The maximum Gasteiger partial charge on any atom is 0.345 e. The summed E-state index contributed by atoms with van der Waals surface area (Å²) in [6.45, 7) is 0. The Morgan fingerprint density at radius 2 is 1.62 bits per heavy atom. The molecule has 2 aromatic carbocycles. The lowest BCUT2D eigenvalue weighted by Gasteiger charge is -2.04. The van der Waals surface area contributed by atoms with Crippen molar-refractivity contribution in [1.29, 1.82) is 0 Å². The normalized spacial score (nSPS) is 12.2. The molecule has 0 radical (unpaired) electrons. The molecule has 0 aliphatic heterocycles. The number of carboxylic acids is 1. The molecule has 0 saturated carbocycles. The largest absolute Gasteiger partial charge is 0.479 e. The second kappa shape index (κ2) is 6.53. The smallest absolute Gasteiger partial charge is 0.345 e. The van der Waals surface area contributed by atoms with Crippen molar-refractivity contribution in [3.05, 3.63) is 65.7 Å². The van der Waals surface area contributed by atoms with E-state index in [-0.39, 0.29) is 11.5 Å². The van der Waals surface area contributed by atoms with Crippen LogP contribution >= 0.6 is 0 Å². The third kappa shape index (κ3) is 3.58. The molecule has 0 aromatic heterocycles. The van der Waals surface area contributed by atoms with Crippen molar-refractivity contribution in [1.82, 2.24) is 0 Å². The lowest BCUT2D eigenvalue weighted by molar-refractivity contribution is -0.138. The Morgan fingerprint density at radius 1 is 1.00 bits per heavy atom. The molecule has 1 atom stereocenters. The van der Waals surface area contributed by atoms with Crippen molar-refractivity contribution >= 4 is 17.4 Å². The highest BCUT2D eigenvalue weighted by Gasteiger charge is 2.14. The minimum atomic E-state index is -1.45. The van der Waals surface area contributed by atoms with Gasteiger partial charge in [0.05, 0.1) is 11.3 Å². The van der Waals surface area contributed by atoms with E-state index in [1.807, 2.05) is 6.07 Å². The SMILES string of the molecule is NC(N=Nc1ccccc1C(=O)c1ccccc1)C(=O)O. The molecule has 1 unspecified atom stereocenters. The zero-order valence-electron chi connectivity index (χ0n) is 11.0. The van der Waals surface area contributed by atoms with Crippen LogP contribution in [0, 0.1) is 0 Å². The summed E-state index contributed by atoms with van der Waals surface area (Å²) in [5.74, 6) is -1.50. The molecule has 6 nitrogen and oxygen atoms in total. The van der Waals surface area contributed by atoms with Gasteiger partial charge in [-0.15, -0.1) is 0 Å². The first-order valence-corrected chi connectivity index (χ1v) is 6.17. The van der Waals surface area contributed by atoms with Crippen molar-refractivity contribution in [3.8, 4) is 0 Å². The Hall–Kier alpha value is -2.86. The van der Waals surface area contributed by atoms with Gasteiger partial charge >= 0.3 is 5.97 Å². The zero-order chi connectivity index (χ0) is 15.2. The monoisotopic (exact) mass is 283 g/mol. The van der Waals surface area contributed by atoms with Gasteiger partial charge in [-0.2, -0.15) is 10.2 Å². The van der Waals surface area contributed by atoms with E-state index in [1.165, 1.54) is 0 Å². The zero-order valence-corrected chi connectivity index (χ0v) is 11.0. The number of benzene rings is 2. The molecule has 0 amide bonds. The summed E-state index contributed by atoms with van der Waals surface area (Å²) in [7, 11) is 0. The van der Waals surface area contributed by atoms with E-state index in [1.54, 1.807) is 48.5 Å². The maximum absolute atomic E-state index is 12.4. The Morgan fingerprint density at radius 3 is 2.29 bits per heavy atom. The molecule has 2 aromatic rings. The Bertz CT molecular complexity index is 684. The highest BCUT2D eigenvalue weighted by molar-refractivity contribution is 6.11. The highest BCUT2D eigenvalue weighted by Crippen LogP contribution is 2.22. The second-order valence-electron chi connectivity index (χ2n) is 4.21. The third-order valence-corrected chi connectivity index (χ3v) is 2.73. The highest BCUT2D eigenvalue weighted by atomic mass is 16.4. The summed E-state index contributed by atoms with van der Waals surface area (Å²) >= 11 is 0. The summed E-state index contributed by atoms with van der Waals surface area (Å²) in [4.78, 5) is 23.0. The van der Waals surface area contributed by atoms with Gasteiger partial charge in [-0.05, 0) is 12.1 Å². The molecule has 6 heteroatoms. The Balaban J connectivity index is 2.33. The number of nitrogens with two attached hydrogens (primary N) is 1. The first-order valence-electron chi connectivity index (χ1n) is 6.17. The predicted octanol–water partition coefficient (Wildman–Crippen LogP) is 2.37. The topological polar surface area (TPSA) is 105 Å². The first kappa shape index (κ1) is 14.5. The standard InChI is InChI=1S/C15H13N3O3/c16-14(15(20)21)18-17-12-9-5-4-8-11(12)13(19)10-6-2-1-3-7-10/h1-9,14H,16H2,(H,20,21). The minimum absolute atomic E-state index is 0.214. The van der Waals surface area contributed by atoms with Gasteiger partial charge in [0.2, 0.25) is 6.17 Å². The second-order valence-corrected chi connectivity index (χ2v) is 4.21. The van der Waals surface area contributed by atoms with Crippen LogP contribution in [0.3, 0.4) is 0 Å². The van der Waals surface area contributed by atoms with E-state index in [4.69, 9.17) is 10.8 Å². The Labute approximate surface area is 120 Å². The van der Waals surface area contributed by atoms with Crippen LogP contribution in [-0.2, 0) is 4.79 Å². The predicted molar refractivity (Wildman–Crippen MR) is 76.4 cm³/mol. The van der Waals surface area contributed by atoms with Gasteiger partial charge in [0.25, 0.3) is 0 Å². The number of hydrogen-bond donors (Lipinski definition) is 2. The molecule has 0 aliphatic rings. The van der Waals surface area contributed by atoms with Crippen LogP contribution in [0.1, 0.15) is 15.9 Å². The van der Waals surface area contributed by atoms with Gasteiger partial charge in [-0.1, -0.05) is 42.5 Å². The van der Waals surface area contributed by atoms with Crippen molar-refractivity contribution in [3.63, 3.8) is 0 Å². The molecule has 0 fully saturated rings. The van der Waals surface area contributed by atoms with Crippen LogP contribution in [-0.4, -0.2) is 23.0 Å². The van der Waals surface area contributed by atoms with Crippen molar-refractivity contribution in [2.75, 3.05) is 0 Å². The third-order valence-electron chi connectivity index (χ3n) is 2.73. The molecule has 0 bridgehead atoms. The van der Waals surface area contributed by atoms with Gasteiger partial charge in [-0.3, -0.25) is 10.5 Å². The molecule has 106 valence electrons. The van der Waals surface area contributed by atoms with Gasteiger partial charge in [0, 0.05) is 5.56 Å². The van der Waals surface area contributed by atoms with E-state index in [0.29, 0.717) is 11.1 Å². The lowest BCUT2D eigenvalue weighted by Crippen LogP contribution is -2.27. The number of hydrogen-bond acceptors (Lipinski definition) is 5. The van der Waals surface area contributed by atoms with Crippen molar-refractivity contribution < 1.29 is 14.7 Å². The van der Waals surface area contributed by atoms with E-state index in [9.17, 15) is 9.59 Å². The molecule has 0 saturated heterocycles. The van der Waals surface area contributed by atoms with E-state index < -0.39 is 12.1 Å². The Kier molecular flexibility index (Phi) is 4.53. The fourth-order valence-corrected chi connectivity index (χ4v) is 1.67. The average Bonchev–Trinajstić information content (AvgIpc) is 2.53. The lowest BCUT2D eigenvalue weighted by atomic mass is 10.0. The summed E-state index contributed by atoms with van der Waals surface area (Å²) in [6.07, 6.45) is -1.45. The molecule has 3 N–H and O–H groups in total. The van der Waals surface area contributed by atoms with E-state index in [2.05, 4.69) is 10.2 Å². The molecule has 2 rings (SSSR count). The summed E-state index contributed by atoms with van der Waals surface area (Å²) in [5, 5.41) is 15.9. The van der Waals surface area contributed by atoms with Crippen LogP contribution in [0.15, 0.2) is 64.8 Å². The van der Waals surface area contributed by atoms with E-state index >= 15 is 0 Å². The van der Waals surface area contributed by atoms with Gasteiger partial charge in [0.15, 0.2) is 5.78 Å². The molecule has 0 spiro atoms. The molecule has 0 heterocycles. The van der Waals surface area contributed by atoms with Crippen LogP contribution < -0.4 is 5.73 Å². The van der Waals surface area contributed by atoms with Gasteiger partial charge < -0.3 is 5.11 Å². The number of nitrogens with zero attached hydrogens (tertiary/aromatic N) is 2. The summed E-state index contributed by atoms with van der Waals surface area (Å²) in [5.41, 5.74) is 6.39. The fraction of sp³-hybridized carbons (Fsp3) is 0.0667. The number of rotatable bonds is 5. The van der Waals surface area contributed by atoms with Crippen molar-refractivity contribution in [2.24, 2.45) is 16.0 Å². The van der Waals surface area contributed by atoms with Crippen LogP contribution in [0.25, 0.3) is 0 Å². The number of carbonyl (C=O) groups is 2. The molecular weight excluding hydrogens is 270 g/mol. The van der Waals surface area contributed by atoms with Crippen LogP contribution in [0.5, 0.6) is 0 Å².